The maximum Gasteiger partial charge on any atom is 0 e. The van der Waals surface area contributed by atoms with Gasteiger partial charge in [0, 0.05) is 21.7 Å². The van der Waals surface area contributed by atoms with E-state index in [4.69, 9.17) is 0 Å². The SMILES string of the molecule is C[CH-]C=CCC.[Ti]. The molecule has 0 aliphatic rings. The van der Waals surface area contributed by atoms with E-state index in [9.17, 15) is 0 Å². The maximum absolute atomic E-state index is 2.12. The van der Waals surface area contributed by atoms with E-state index in [1.807, 2.05) is 13.3 Å². The van der Waals surface area contributed by atoms with Crippen LogP contribution in [0.1, 0.15) is 20.3 Å². The van der Waals surface area contributed by atoms with Crippen LogP contribution in [-0.2, 0) is 21.7 Å². The molecule has 0 N–H and O–H groups in total. The molecule has 0 aliphatic heterocycles. The predicted octanol–water partition coefficient (Wildman–Crippen LogP) is 2.17. The summed E-state index contributed by atoms with van der Waals surface area (Å²) in [5, 5.41) is 0. The molecule has 0 atom stereocenters. The van der Waals surface area contributed by atoms with E-state index in [1.54, 1.807) is 0 Å². The van der Waals surface area contributed by atoms with Gasteiger partial charge in [0.05, 0.1) is 0 Å². The van der Waals surface area contributed by atoms with Crippen LogP contribution in [-0.4, -0.2) is 0 Å². The molecule has 7 heavy (non-hydrogen) atoms. The largest absolute Gasteiger partial charge is 0.233 e. The molecule has 0 spiro atoms. The van der Waals surface area contributed by atoms with Gasteiger partial charge < -0.3 is 0 Å². The first-order valence-electron chi connectivity index (χ1n) is 2.36. The smallest absolute Gasteiger partial charge is 0 e. The van der Waals surface area contributed by atoms with Crippen molar-refractivity contribution in [1.29, 1.82) is 0 Å². The van der Waals surface area contributed by atoms with E-state index >= 15 is 0 Å². The summed E-state index contributed by atoms with van der Waals surface area (Å²) in [7, 11) is 0. The van der Waals surface area contributed by atoms with E-state index in [-0.39, 0.29) is 21.7 Å². The Morgan fingerprint density at radius 3 is 2.29 bits per heavy atom. The van der Waals surface area contributed by atoms with E-state index in [2.05, 4.69) is 19.1 Å². The molecule has 0 fully saturated rings. The fraction of sp³-hybridized carbons (Fsp3) is 0.500. The first kappa shape index (κ1) is 10.3. The van der Waals surface area contributed by atoms with Crippen molar-refractivity contribution < 1.29 is 21.7 Å². The van der Waals surface area contributed by atoms with Crippen LogP contribution in [0.5, 0.6) is 0 Å². The van der Waals surface area contributed by atoms with Gasteiger partial charge in [0.15, 0.2) is 0 Å². The van der Waals surface area contributed by atoms with Crippen LogP contribution in [0.25, 0.3) is 0 Å². The minimum Gasteiger partial charge on any atom is -0.233 e. The van der Waals surface area contributed by atoms with Crippen molar-refractivity contribution in [3.05, 3.63) is 18.6 Å². The second-order valence-electron chi connectivity index (χ2n) is 1.17. The molecule has 0 rings (SSSR count). The summed E-state index contributed by atoms with van der Waals surface area (Å²) in [6, 6.07) is 0. The molecule has 1 heteroatoms. The van der Waals surface area contributed by atoms with Crippen molar-refractivity contribution in [1.82, 2.24) is 0 Å². The van der Waals surface area contributed by atoms with Crippen molar-refractivity contribution in [3.8, 4) is 0 Å². The monoisotopic (exact) mass is 131 g/mol. The third-order valence-electron chi connectivity index (χ3n) is 0.564. The van der Waals surface area contributed by atoms with Gasteiger partial charge >= 0.3 is 0 Å². The number of hydrogen-bond donors (Lipinski definition) is 0. The summed E-state index contributed by atoms with van der Waals surface area (Å²) in [6.07, 6.45) is 7.36. The normalized spacial score (nSPS) is 8.29. The second kappa shape index (κ2) is 9.59. The van der Waals surface area contributed by atoms with Crippen LogP contribution in [0.4, 0.5) is 0 Å². The Hall–Kier alpha value is 0.324. The summed E-state index contributed by atoms with van der Waals surface area (Å²) in [5.41, 5.74) is 0. The Morgan fingerprint density at radius 1 is 1.57 bits per heavy atom. The van der Waals surface area contributed by atoms with Crippen LogP contribution >= 0.6 is 0 Å². The van der Waals surface area contributed by atoms with Gasteiger partial charge in [-0.15, -0.1) is 13.3 Å². The standard InChI is InChI=1S/C6H11.Ti/c1-3-5-6-4-2;/h3,5-6H,4H2,1-2H3;/q-1;. The zero-order chi connectivity index (χ0) is 4.83. The van der Waals surface area contributed by atoms with Crippen molar-refractivity contribution >= 4 is 0 Å². The molecule has 0 unspecified atom stereocenters. The van der Waals surface area contributed by atoms with Gasteiger partial charge in [-0.05, 0) is 0 Å². The molecule has 0 heterocycles. The van der Waals surface area contributed by atoms with Gasteiger partial charge in [-0.2, -0.15) is 0 Å². The number of hydrogen-bond acceptors (Lipinski definition) is 0. The van der Waals surface area contributed by atoms with Crippen LogP contribution in [0.3, 0.4) is 0 Å². The van der Waals surface area contributed by atoms with Gasteiger partial charge in [-0.1, -0.05) is 6.92 Å². The first-order valence-corrected chi connectivity index (χ1v) is 2.36. The first-order chi connectivity index (χ1) is 2.91. The summed E-state index contributed by atoms with van der Waals surface area (Å²) in [6.45, 7) is 4.14. The second-order valence-corrected chi connectivity index (χ2v) is 1.17. The molecule has 0 nitrogen and oxygen atoms in total. The van der Waals surface area contributed by atoms with Gasteiger partial charge in [0.1, 0.15) is 0 Å². The van der Waals surface area contributed by atoms with Crippen molar-refractivity contribution in [2.75, 3.05) is 0 Å². The van der Waals surface area contributed by atoms with Gasteiger partial charge in [0.25, 0.3) is 0 Å². The zero-order valence-electron chi connectivity index (χ0n) is 4.94. The van der Waals surface area contributed by atoms with Crippen LogP contribution < -0.4 is 0 Å². The number of allylic oxidation sites excluding steroid dienone is 2. The Bertz CT molecular complexity index is 33.4. The Kier molecular flexibility index (Phi) is 14.2. The topological polar surface area (TPSA) is 0 Å². The molecule has 0 aromatic rings. The van der Waals surface area contributed by atoms with Gasteiger partial charge in [0.2, 0.25) is 0 Å². The van der Waals surface area contributed by atoms with Crippen LogP contribution in [0.2, 0.25) is 0 Å². The molecule has 0 saturated carbocycles. The van der Waals surface area contributed by atoms with Gasteiger partial charge in [-0.25, -0.2) is 18.6 Å². The molecular formula is C6H11Ti-. The summed E-state index contributed by atoms with van der Waals surface area (Å²) in [4.78, 5) is 0. The Balaban J connectivity index is 0. The maximum atomic E-state index is 2.12. The third kappa shape index (κ3) is 10.7. The minimum atomic E-state index is 0. The fourth-order valence-electron chi connectivity index (χ4n) is 0.272. The molecule has 0 saturated heterocycles. The van der Waals surface area contributed by atoms with Crippen molar-refractivity contribution in [3.63, 3.8) is 0 Å². The molecule has 0 aliphatic carbocycles. The van der Waals surface area contributed by atoms with E-state index in [1.165, 1.54) is 0 Å². The molecular weight excluding hydrogens is 120 g/mol. The Labute approximate surface area is 60.9 Å². The Morgan fingerprint density at radius 2 is 2.14 bits per heavy atom. The molecule has 0 amide bonds. The molecule has 0 aromatic carbocycles. The number of rotatable bonds is 2. The predicted molar refractivity (Wildman–Crippen MR) is 29.4 cm³/mol. The summed E-state index contributed by atoms with van der Waals surface area (Å²) < 4.78 is 0. The quantitative estimate of drug-likeness (QED) is 0.398. The minimum absolute atomic E-state index is 0. The summed E-state index contributed by atoms with van der Waals surface area (Å²) in [5.74, 6) is 0. The average Bonchev–Trinajstić information content (AvgIpc) is 1.61. The molecule has 0 aromatic heterocycles. The molecule has 0 radical (unpaired) electrons. The van der Waals surface area contributed by atoms with E-state index < -0.39 is 0 Å². The van der Waals surface area contributed by atoms with Crippen LogP contribution in [0, 0.1) is 6.42 Å². The summed E-state index contributed by atoms with van der Waals surface area (Å²) >= 11 is 0. The average molecular weight is 131 g/mol. The van der Waals surface area contributed by atoms with Crippen molar-refractivity contribution in [2.24, 2.45) is 0 Å². The van der Waals surface area contributed by atoms with Gasteiger partial charge in [-0.3, -0.25) is 0 Å². The third-order valence-corrected chi connectivity index (χ3v) is 0.564. The van der Waals surface area contributed by atoms with Crippen molar-refractivity contribution in [2.45, 2.75) is 20.3 Å². The van der Waals surface area contributed by atoms with Crippen LogP contribution in [0.15, 0.2) is 12.2 Å². The fourth-order valence-corrected chi connectivity index (χ4v) is 0.272. The zero-order valence-corrected chi connectivity index (χ0v) is 6.50. The molecule has 0 bridgehead atoms. The molecule has 40 valence electrons. The van der Waals surface area contributed by atoms with E-state index in [0.29, 0.717) is 0 Å². The van der Waals surface area contributed by atoms with E-state index in [0.717, 1.165) is 6.42 Å².